The first-order valence-corrected chi connectivity index (χ1v) is 7.17. The highest BCUT2D eigenvalue weighted by atomic mass is 35.5. The summed E-state index contributed by atoms with van der Waals surface area (Å²) >= 11 is 6.12. The molecular weight excluding hydrogens is 288 g/mol. The number of nitrogens with one attached hydrogen (secondary N) is 1. The molecule has 1 aliphatic heterocycles. The van der Waals surface area contributed by atoms with Gasteiger partial charge in [0.05, 0.1) is 0 Å². The molecule has 5 nitrogen and oxygen atoms in total. The monoisotopic (exact) mass is 302 g/mol. The zero-order valence-corrected chi connectivity index (χ0v) is 12.3. The van der Waals surface area contributed by atoms with Crippen molar-refractivity contribution in [2.45, 2.75) is 13.0 Å². The number of carbonyl (C=O) groups excluding carboxylic acids is 1. The molecule has 0 radical (unpaired) electrons. The number of nitrogens with zero attached hydrogens (tertiary/aromatic N) is 3. The number of halogens is 1. The van der Waals surface area contributed by atoms with Gasteiger partial charge < -0.3 is 10.2 Å². The Morgan fingerprint density at radius 1 is 1.29 bits per heavy atom. The molecule has 2 aromatic rings. The predicted octanol–water partition coefficient (Wildman–Crippen LogP) is 2.12. The number of hydrogen-bond acceptors (Lipinski definition) is 4. The third kappa shape index (κ3) is 2.83. The van der Waals surface area contributed by atoms with Crippen molar-refractivity contribution >= 4 is 23.3 Å². The summed E-state index contributed by atoms with van der Waals surface area (Å²) in [6.45, 7) is 3.16. The lowest BCUT2D eigenvalue weighted by Crippen LogP contribution is -2.54. The maximum atomic E-state index is 11.8. The van der Waals surface area contributed by atoms with Gasteiger partial charge in [0, 0.05) is 24.7 Å². The molecule has 1 aromatic carbocycles. The summed E-state index contributed by atoms with van der Waals surface area (Å²) in [6.07, 6.45) is 0. The van der Waals surface area contributed by atoms with Crippen LogP contribution in [0.5, 0.6) is 0 Å². The number of benzene rings is 1. The van der Waals surface area contributed by atoms with Gasteiger partial charge in [-0.1, -0.05) is 41.9 Å². The summed E-state index contributed by atoms with van der Waals surface area (Å²) in [5.41, 5.74) is 0.898. The van der Waals surface area contributed by atoms with E-state index in [2.05, 4.69) is 15.3 Å². The van der Waals surface area contributed by atoms with E-state index < -0.39 is 0 Å². The van der Waals surface area contributed by atoms with Gasteiger partial charge in [0.1, 0.15) is 17.0 Å². The normalized spacial score (nSPS) is 18.5. The number of hydrogen-bond donors (Lipinski definition) is 1. The third-order valence-corrected chi connectivity index (χ3v) is 3.70. The van der Waals surface area contributed by atoms with Crippen molar-refractivity contribution in [2.75, 3.05) is 18.0 Å². The van der Waals surface area contributed by atoms with Gasteiger partial charge in [0.25, 0.3) is 0 Å². The highest BCUT2D eigenvalue weighted by Crippen LogP contribution is 2.24. The van der Waals surface area contributed by atoms with Crippen LogP contribution in [0, 0.1) is 0 Å². The van der Waals surface area contributed by atoms with Gasteiger partial charge in [0.15, 0.2) is 5.82 Å². The van der Waals surface area contributed by atoms with E-state index in [1.807, 2.05) is 42.2 Å². The molecule has 2 heterocycles. The minimum absolute atomic E-state index is 0.00255. The Morgan fingerprint density at radius 3 is 2.81 bits per heavy atom. The minimum Gasteiger partial charge on any atom is -0.353 e. The Balaban J connectivity index is 2.00. The summed E-state index contributed by atoms with van der Waals surface area (Å²) in [5, 5.41) is 3.21. The van der Waals surface area contributed by atoms with Crippen molar-refractivity contribution < 1.29 is 4.79 Å². The van der Waals surface area contributed by atoms with Crippen molar-refractivity contribution in [1.82, 2.24) is 15.3 Å². The van der Waals surface area contributed by atoms with Crippen molar-refractivity contribution in [3.63, 3.8) is 0 Å². The Morgan fingerprint density at radius 2 is 2.05 bits per heavy atom. The Bertz CT molecular complexity index is 662. The van der Waals surface area contributed by atoms with Crippen LogP contribution in [-0.2, 0) is 4.79 Å². The predicted molar refractivity (Wildman–Crippen MR) is 82.3 cm³/mol. The van der Waals surface area contributed by atoms with Crippen LogP contribution >= 0.6 is 11.6 Å². The van der Waals surface area contributed by atoms with Crippen molar-refractivity contribution in [1.29, 1.82) is 0 Å². The second kappa shape index (κ2) is 5.69. The summed E-state index contributed by atoms with van der Waals surface area (Å²) in [7, 11) is 0. The molecular formula is C15H15ClN4O. The average molecular weight is 303 g/mol. The first-order chi connectivity index (χ1) is 10.1. The summed E-state index contributed by atoms with van der Waals surface area (Å²) in [4.78, 5) is 22.6. The fourth-order valence-electron chi connectivity index (χ4n) is 2.36. The van der Waals surface area contributed by atoms with Crippen molar-refractivity contribution in [2.24, 2.45) is 0 Å². The van der Waals surface area contributed by atoms with Crippen LogP contribution in [0.1, 0.15) is 6.92 Å². The lowest BCUT2D eigenvalue weighted by Gasteiger charge is -2.33. The molecule has 3 rings (SSSR count). The van der Waals surface area contributed by atoms with Crippen LogP contribution < -0.4 is 10.2 Å². The smallest absolute Gasteiger partial charge is 0.242 e. The molecule has 0 spiro atoms. The standard InChI is InChI=1S/C15H15ClN4O/c1-10-15(21)17-7-8-20(10)13-9-12(16)18-14(19-13)11-5-3-2-4-6-11/h2-6,9-10H,7-8H2,1H3,(H,17,21). The molecule has 1 unspecified atom stereocenters. The van der Waals surface area contributed by atoms with Gasteiger partial charge in [-0.3, -0.25) is 4.79 Å². The maximum Gasteiger partial charge on any atom is 0.242 e. The van der Waals surface area contributed by atoms with E-state index >= 15 is 0 Å². The fraction of sp³-hybridized carbons (Fsp3) is 0.267. The van der Waals surface area contributed by atoms with Crippen LogP contribution in [-0.4, -0.2) is 35.0 Å². The average Bonchev–Trinajstić information content (AvgIpc) is 2.50. The highest BCUT2D eigenvalue weighted by molar-refractivity contribution is 6.29. The van der Waals surface area contributed by atoms with Crippen LogP contribution in [0.2, 0.25) is 5.15 Å². The van der Waals surface area contributed by atoms with Gasteiger partial charge in [-0.05, 0) is 6.92 Å². The number of piperazine rings is 1. The molecule has 1 N–H and O–H groups in total. The Hall–Kier alpha value is -2.14. The number of anilines is 1. The molecule has 6 heteroatoms. The van der Waals surface area contributed by atoms with Gasteiger partial charge in [-0.25, -0.2) is 9.97 Å². The zero-order valence-electron chi connectivity index (χ0n) is 11.6. The molecule has 0 aliphatic carbocycles. The van der Waals surface area contributed by atoms with Crippen LogP contribution in [0.3, 0.4) is 0 Å². The topological polar surface area (TPSA) is 58.1 Å². The van der Waals surface area contributed by atoms with E-state index in [9.17, 15) is 4.79 Å². The lowest BCUT2D eigenvalue weighted by molar-refractivity contribution is -0.122. The van der Waals surface area contributed by atoms with Gasteiger partial charge >= 0.3 is 0 Å². The number of aromatic nitrogens is 2. The van der Waals surface area contributed by atoms with Gasteiger partial charge in [-0.2, -0.15) is 0 Å². The lowest BCUT2D eigenvalue weighted by atomic mass is 10.2. The molecule has 1 fully saturated rings. The molecule has 0 saturated carbocycles. The quantitative estimate of drug-likeness (QED) is 0.863. The first kappa shape index (κ1) is 13.8. The largest absolute Gasteiger partial charge is 0.353 e. The highest BCUT2D eigenvalue weighted by Gasteiger charge is 2.27. The van der Waals surface area contributed by atoms with Crippen molar-refractivity contribution in [3.8, 4) is 11.4 Å². The third-order valence-electron chi connectivity index (χ3n) is 3.51. The molecule has 21 heavy (non-hydrogen) atoms. The van der Waals surface area contributed by atoms with Crippen molar-refractivity contribution in [3.05, 3.63) is 41.6 Å². The summed E-state index contributed by atoms with van der Waals surface area (Å²) in [5.74, 6) is 1.24. The minimum atomic E-state index is -0.270. The fourth-order valence-corrected chi connectivity index (χ4v) is 2.54. The molecule has 1 aromatic heterocycles. The van der Waals surface area contributed by atoms with Gasteiger partial charge in [0.2, 0.25) is 5.91 Å². The Labute approximate surface area is 128 Å². The van der Waals surface area contributed by atoms with Gasteiger partial charge in [-0.15, -0.1) is 0 Å². The first-order valence-electron chi connectivity index (χ1n) is 6.79. The Kier molecular flexibility index (Phi) is 3.75. The molecule has 108 valence electrons. The van der Waals surface area contributed by atoms with E-state index in [1.165, 1.54) is 0 Å². The van der Waals surface area contributed by atoms with Crippen LogP contribution in [0.25, 0.3) is 11.4 Å². The number of amides is 1. The summed E-state index contributed by atoms with van der Waals surface area (Å²) in [6, 6.07) is 11.1. The molecule has 0 bridgehead atoms. The number of carbonyl (C=O) groups is 1. The second-order valence-corrected chi connectivity index (χ2v) is 5.29. The maximum absolute atomic E-state index is 11.8. The van der Waals surface area contributed by atoms with E-state index in [4.69, 9.17) is 11.6 Å². The van der Waals surface area contributed by atoms with E-state index in [0.717, 1.165) is 5.56 Å². The van der Waals surface area contributed by atoms with Crippen LogP contribution in [0.4, 0.5) is 5.82 Å². The SMILES string of the molecule is CC1C(=O)NCCN1c1cc(Cl)nc(-c2ccccc2)n1. The molecule has 1 atom stereocenters. The second-order valence-electron chi connectivity index (χ2n) is 4.90. The summed E-state index contributed by atoms with van der Waals surface area (Å²) < 4.78 is 0. The number of rotatable bonds is 2. The molecule has 1 saturated heterocycles. The molecule has 1 amide bonds. The van der Waals surface area contributed by atoms with E-state index in [-0.39, 0.29) is 11.9 Å². The molecule has 1 aliphatic rings. The van der Waals surface area contributed by atoms with E-state index in [0.29, 0.717) is 29.9 Å². The zero-order chi connectivity index (χ0) is 14.8. The van der Waals surface area contributed by atoms with Crippen LogP contribution in [0.15, 0.2) is 36.4 Å². The van der Waals surface area contributed by atoms with E-state index in [1.54, 1.807) is 6.07 Å².